The maximum Gasteiger partial charge on any atom is 0.126 e. The number of halogens is 4. The van der Waals surface area contributed by atoms with Gasteiger partial charge in [-0.3, -0.25) is 0 Å². The molecule has 0 saturated heterocycles. The second-order valence-electron chi connectivity index (χ2n) is 2.05. The van der Waals surface area contributed by atoms with Crippen LogP contribution in [0, 0.1) is 0 Å². The first-order valence-electron chi connectivity index (χ1n) is 3.08. The zero-order valence-electron chi connectivity index (χ0n) is 5.82. The Morgan fingerprint density at radius 3 is 2.08 bits per heavy atom. The third-order valence-corrected chi connectivity index (χ3v) is 2.57. The van der Waals surface area contributed by atoms with Crippen LogP contribution in [0.25, 0.3) is 5.03 Å². The van der Waals surface area contributed by atoms with Gasteiger partial charge in [-0.05, 0) is 6.07 Å². The Morgan fingerprint density at radius 2 is 1.58 bits per heavy atom. The van der Waals surface area contributed by atoms with Gasteiger partial charge in [0.1, 0.15) is 4.49 Å². The van der Waals surface area contributed by atoms with Crippen molar-refractivity contribution in [1.82, 2.24) is 0 Å². The van der Waals surface area contributed by atoms with Crippen molar-refractivity contribution >= 4 is 51.4 Å². The molecule has 0 spiro atoms. The Morgan fingerprint density at radius 1 is 1.00 bits per heavy atom. The minimum Gasteiger partial charge on any atom is -0.0836 e. The molecule has 0 atom stereocenters. The summed E-state index contributed by atoms with van der Waals surface area (Å²) in [6, 6.07) is 7.07. The smallest absolute Gasteiger partial charge is 0.0836 e. The van der Waals surface area contributed by atoms with Crippen LogP contribution in [0.5, 0.6) is 0 Å². The lowest BCUT2D eigenvalue weighted by Crippen LogP contribution is -1.78. The largest absolute Gasteiger partial charge is 0.126 e. The molecular weight excluding hydrogens is 238 g/mol. The summed E-state index contributed by atoms with van der Waals surface area (Å²) in [6.45, 7) is 0. The fourth-order valence-corrected chi connectivity index (χ4v) is 1.39. The average molecular weight is 242 g/mol. The molecule has 0 unspecified atom stereocenters. The SMILES string of the molecule is ClC(Cl)=C(Cl)c1ccccc1Cl. The third kappa shape index (κ3) is 2.30. The van der Waals surface area contributed by atoms with Gasteiger partial charge in [0.05, 0.1) is 5.03 Å². The number of rotatable bonds is 1. The monoisotopic (exact) mass is 240 g/mol. The van der Waals surface area contributed by atoms with Crippen LogP contribution in [-0.2, 0) is 0 Å². The van der Waals surface area contributed by atoms with Gasteiger partial charge in [-0.2, -0.15) is 0 Å². The molecule has 0 bridgehead atoms. The molecule has 4 heteroatoms. The van der Waals surface area contributed by atoms with Crippen LogP contribution >= 0.6 is 46.4 Å². The van der Waals surface area contributed by atoms with Gasteiger partial charge in [-0.15, -0.1) is 0 Å². The highest BCUT2D eigenvalue weighted by atomic mass is 35.5. The van der Waals surface area contributed by atoms with Crippen LogP contribution in [-0.4, -0.2) is 0 Å². The van der Waals surface area contributed by atoms with Gasteiger partial charge < -0.3 is 0 Å². The van der Waals surface area contributed by atoms with Crippen LogP contribution in [0.2, 0.25) is 5.02 Å². The van der Waals surface area contributed by atoms with Crippen molar-refractivity contribution in [3.8, 4) is 0 Å². The first-order chi connectivity index (χ1) is 5.63. The average Bonchev–Trinajstić information content (AvgIpc) is 2.04. The summed E-state index contributed by atoms with van der Waals surface area (Å²) >= 11 is 22.6. The van der Waals surface area contributed by atoms with E-state index in [1.807, 2.05) is 0 Å². The van der Waals surface area contributed by atoms with Crippen molar-refractivity contribution < 1.29 is 0 Å². The molecule has 0 saturated carbocycles. The number of benzene rings is 1. The Labute approximate surface area is 90.7 Å². The van der Waals surface area contributed by atoms with E-state index in [0.29, 0.717) is 10.6 Å². The summed E-state index contributed by atoms with van der Waals surface area (Å²) in [4.78, 5) is 0. The fourth-order valence-electron chi connectivity index (χ4n) is 0.741. The molecule has 0 nitrogen and oxygen atoms in total. The molecule has 0 fully saturated rings. The van der Waals surface area contributed by atoms with E-state index in [1.54, 1.807) is 24.3 Å². The molecule has 1 rings (SSSR count). The molecule has 0 aliphatic carbocycles. The molecule has 0 aromatic heterocycles. The van der Waals surface area contributed by atoms with Crippen molar-refractivity contribution in [2.24, 2.45) is 0 Å². The molecule has 0 radical (unpaired) electrons. The number of hydrogen-bond acceptors (Lipinski definition) is 0. The van der Waals surface area contributed by atoms with Crippen molar-refractivity contribution in [2.45, 2.75) is 0 Å². The highest BCUT2D eigenvalue weighted by molar-refractivity contribution is 6.67. The summed E-state index contributed by atoms with van der Waals surface area (Å²) in [6.07, 6.45) is 0. The van der Waals surface area contributed by atoms with Gasteiger partial charge in [0.15, 0.2) is 0 Å². The predicted molar refractivity (Wildman–Crippen MR) is 55.9 cm³/mol. The molecule has 12 heavy (non-hydrogen) atoms. The Bertz CT molecular complexity index is 313. The Balaban J connectivity index is 3.21. The van der Waals surface area contributed by atoms with Crippen molar-refractivity contribution in [1.29, 1.82) is 0 Å². The van der Waals surface area contributed by atoms with E-state index in [2.05, 4.69) is 0 Å². The normalized spacial score (nSPS) is 9.67. The van der Waals surface area contributed by atoms with Gasteiger partial charge >= 0.3 is 0 Å². The Hall–Kier alpha value is 0.120. The molecular formula is C8H4Cl4. The van der Waals surface area contributed by atoms with Crippen LogP contribution in [0.15, 0.2) is 28.8 Å². The van der Waals surface area contributed by atoms with E-state index in [4.69, 9.17) is 46.4 Å². The Kier molecular flexibility index (Phi) is 3.73. The molecule has 64 valence electrons. The summed E-state index contributed by atoms with van der Waals surface area (Å²) < 4.78 is 0.0183. The van der Waals surface area contributed by atoms with Gasteiger partial charge in [-0.1, -0.05) is 64.6 Å². The first-order valence-corrected chi connectivity index (χ1v) is 4.60. The van der Waals surface area contributed by atoms with Crippen LogP contribution in [0.4, 0.5) is 0 Å². The zero-order valence-corrected chi connectivity index (χ0v) is 8.84. The zero-order chi connectivity index (χ0) is 9.14. The first kappa shape index (κ1) is 10.2. The minimum atomic E-state index is 0.0183. The van der Waals surface area contributed by atoms with Crippen LogP contribution in [0.3, 0.4) is 0 Å². The molecule has 0 aliphatic heterocycles. The summed E-state index contributed by atoms with van der Waals surface area (Å²) in [5.41, 5.74) is 0.640. The highest BCUT2D eigenvalue weighted by Crippen LogP contribution is 2.32. The van der Waals surface area contributed by atoms with E-state index in [-0.39, 0.29) is 9.52 Å². The predicted octanol–water partition coefficient (Wildman–Crippen LogP) is 4.68. The topological polar surface area (TPSA) is 0 Å². The lowest BCUT2D eigenvalue weighted by atomic mass is 10.2. The summed E-state index contributed by atoms with van der Waals surface area (Å²) in [5, 5.41) is 0.797. The van der Waals surface area contributed by atoms with Gasteiger partial charge in [0, 0.05) is 10.6 Å². The lowest BCUT2D eigenvalue weighted by Gasteiger charge is -2.01. The van der Waals surface area contributed by atoms with Gasteiger partial charge in [-0.25, -0.2) is 0 Å². The number of hydrogen-bond donors (Lipinski definition) is 0. The van der Waals surface area contributed by atoms with E-state index in [0.717, 1.165) is 0 Å². The third-order valence-electron chi connectivity index (χ3n) is 1.28. The molecule has 0 heterocycles. The van der Waals surface area contributed by atoms with E-state index >= 15 is 0 Å². The van der Waals surface area contributed by atoms with E-state index in [9.17, 15) is 0 Å². The minimum absolute atomic E-state index is 0.0183. The maximum atomic E-state index is 5.83. The lowest BCUT2D eigenvalue weighted by molar-refractivity contribution is 1.65. The standard InChI is InChI=1S/C8H4Cl4/c9-6-4-2-1-3-5(6)7(10)8(11)12/h1-4H. The van der Waals surface area contributed by atoms with Crippen molar-refractivity contribution in [3.63, 3.8) is 0 Å². The fraction of sp³-hybridized carbons (Fsp3) is 0. The second-order valence-corrected chi connectivity index (χ2v) is 3.79. The molecule has 0 amide bonds. The van der Waals surface area contributed by atoms with Gasteiger partial charge in [0.2, 0.25) is 0 Å². The van der Waals surface area contributed by atoms with Crippen molar-refractivity contribution in [2.75, 3.05) is 0 Å². The van der Waals surface area contributed by atoms with Gasteiger partial charge in [0.25, 0.3) is 0 Å². The van der Waals surface area contributed by atoms with Crippen LogP contribution < -0.4 is 0 Å². The summed E-state index contributed by atoms with van der Waals surface area (Å²) in [5.74, 6) is 0. The maximum absolute atomic E-state index is 5.83. The molecule has 0 N–H and O–H groups in total. The quantitative estimate of drug-likeness (QED) is 0.670. The van der Waals surface area contributed by atoms with Crippen molar-refractivity contribution in [3.05, 3.63) is 39.3 Å². The van der Waals surface area contributed by atoms with E-state index in [1.165, 1.54) is 0 Å². The van der Waals surface area contributed by atoms with Crippen LogP contribution in [0.1, 0.15) is 5.56 Å². The molecule has 0 aliphatic rings. The highest BCUT2D eigenvalue weighted by Gasteiger charge is 2.05. The van der Waals surface area contributed by atoms with E-state index < -0.39 is 0 Å². The molecule has 1 aromatic carbocycles. The molecule has 1 aromatic rings. The second kappa shape index (κ2) is 4.38. The summed E-state index contributed by atoms with van der Waals surface area (Å²) in [7, 11) is 0.